The summed E-state index contributed by atoms with van der Waals surface area (Å²) in [6, 6.07) is 33.2. The van der Waals surface area contributed by atoms with E-state index in [0.717, 1.165) is 30.6 Å². The number of fused-ring (bicyclic) bond motifs is 2. The van der Waals surface area contributed by atoms with Crippen molar-refractivity contribution in [2.45, 2.75) is 124 Å². The van der Waals surface area contributed by atoms with Crippen molar-refractivity contribution in [1.82, 2.24) is 0 Å². The van der Waals surface area contributed by atoms with Gasteiger partial charge in [0.2, 0.25) is 0 Å². The molecule has 10 rings (SSSR count). The van der Waals surface area contributed by atoms with E-state index in [0.29, 0.717) is 11.3 Å². The normalized spacial score (nSPS) is 27.8. The van der Waals surface area contributed by atoms with Crippen LogP contribution in [0.2, 0.25) is 13.1 Å². The van der Waals surface area contributed by atoms with Crippen LogP contribution in [0, 0.1) is 23.7 Å². The summed E-state index contributed by atoms with van der Waals surface area (Å²) in [5.41, 5.74) is 17.1. The summed E-state index contributed by atoms with van der Waals surface area (Å²) in [5.74, 6) is 1.62. The number of rotatable bonds is 9. The van der Waals surface area contributed by atoms with Crippen LogP contribution in [0.4, 0.5) is 0 Å². The maximum absolute atomic E-state index is 8.82. The summed E-state index contributed by atoms with van der Waals surface area (Å²) in [5, 5.41) is 0. The topological polar surface area (TPSA) is 0 Å². The Bertz CT molecular complexity index is 2200. The van der Waals surface area contributed by atoms with Crippen molar-refractivity contribution in [2.24, 2.45) is 23.7 Å². The van der Waals surface area contributed by atoms with Gasteiger partial charge in [-0.25, -0.2) is 0 Å². The van der Waals surface area contributed by atoms with Gasteiger partial charge in [0.1, 0.15) is 0 Å². The van der Waals surface area contributed by atoms with E-state index in [1.807, 2.05) is 0 Å². The van der Waals surface area contributed by atoms with Gasteiger partial charge in [0.05, 0.1) is 0 Å². The fourth-order valence-electron chi connectivity index (χ4n) is 13.3. The maximum atomic E-state index is 8.82. The monoisotopic (exact) mass is 875 g/mol. The summed E-state index contributed by atoms with van der Waals surface area (Å²) < 4.78 is 0.190. The first-order chi connectivity index (χ1) is 26.6. The van der Waals surface area contributed by atoms with Crippen molar-refractivity contribution in [2.75, 3.05) is 0 Å². The van der Waals surface area contributed by atoms with E-state index in [4.69, 9.17) is 17.0 Å². The first-order valence-electron chi connectivity index (χ1n) is 22.1. The van der Waals surface area contributed by atoms with Gasteiger partial charge in [-0.3, -0.25) is 0 Å². The zero-order chi connectivity index (χ0) is 39.4. The molecule has 0 radical (unpaired) electrons. The molecule has 293 valence electrons. The Morgan fingerprint density at radius 3 is 1.71 bits per heavy atom. The van der Waals surface area contributed by atoms with Crippen LogP contribution in [-0.2, 0) is 26.4 Å². The summed E-state index contributed by atoms with van der Waals surface area (Å²) in [6.45, 7) is 18.9. The summed E-state index contributed by atoms with van der Waals surface area (Å²) >= 11 is -4.89. The minimum atomic E-state index is -4.89. The first-order valence-corrected chi connectivity index (χ1v) is 38.4. The van der Waals surface area contributed by atoms with Crippen LogP contribution in [-0.4, -0.2) is 5.92 Å². The van der Waals surface area contributed by atoms with Crippen LogP contribution < -0.4 is 0 Å². The van der Waals surface area contributed by atoms with Crippen LogP contribution in [0.1, 0.15) is 134 Å². The molecule has 0 spiro atoms. The van der Waals surface area contributed by atoms with Crippen LogP contribution in [0.5, 0.6) is 0 Å². The predicted molar refractivity (Wildman–Crippen MR) is 244 cm³/mol. The SMILES string of the molecule is CCCC(C)C1=Cc2c(-c3ccc(C(C)(C)C)cc3)cccc2[CH]1[Zr]([Cl])([Cl])([CH]1C(C)=Cc2c(-c3ccc(C45CC6CC(CC(C6)C4)C5)cc3)cccc21)[SiH](C)C. The van der Waals surface area contributed by atoms with Crippen LogP contribution >= 0.6 is 17.0 Å². The van der Waals surface area contributed by atoms with Gasteiger partial charge in [-0.1, -0.05) is 0 Å². The fraction of sp³-hybridized carbons (Fsp3) is 0.462. The van der Waals surface area contributed by atoms with Crippen LogP contribution in [0.3, 0.4) is 0 Å². The molecule has 0 nitrogen and oxygen atoms in total. The fourth-order valence-corrected chi connectivity index (χ4v) is 45.4. The third kappa shape index (κ3) is 6.19. The van der Waals surface area contributed by atoms with Crippen molar-refractivity contribution in [1.29, 1.82) is 0 Å². The molecule has 3 unspecified atom stereocenters. The van der Waals surface area contributed by atoms with Crippen molar-refractivity contribution in [3.05, 3.63) is 129 Å². The molecule has 4 heteroatoms. The molecule has 0 saturated heterocycles. The second-order valence-electron chi connectivity index (χ2n) is 20.7. The zero-order valence-electron chi connectivity index (χ0n) is 35.2. The van der Waals surface area contributed by atoms with Gasteiger partial charge in [-0.15, -0.1) is 0 Å². The first kappa shape index (κ1) is 39.5. The van der Waals surface area contributed by atoms with Crippen molar-refractivity contribution in [3.63, 3.8) is 0 Å². The molecule has 6 aliphatic rings. The molecule has 4 saturated carbocycles. The molecule has 0 heterocycles. The van der Waals surface area contributed by atoms with Gasteiger partial charge >= 0.3 is 350 Å². The molecular weight excluding hydrogens is 815 g/mol. The van der Waals surface area contributed by atoms with E-state index >= 15 is 0 Å². The summed E-state index contributed by atoms with van der Waals surface area (Å²) in [7, 11) is 17.6. The molecule has 0 aliphatic heterocycles. The molecule has 4 aromatic rings. The van der Waals surface area contributed by atoms with E-state index in [2.05, 4.69) is 152 Å². The van der Waals surface area contributed by atoms with Gasteiger partial charge in [0.25, 0.3) is 0 Å². The molecule has 4 fully saturated rings. The number of allylic oxidation sites excluding steroid dienone is 2. The van der Waals surface area contributed by atoms with E-state index < -0.39 is 21.5 Å². The van der Waals surface area contributed by atoms with Gasteiger partial charge < -0.3 is 0 Å². The summed E-state index contributed by atoms with van der Waals surface area (Å²) in [4.78, 5) is 0. The Hall–Kier alpha value is -1.96. The molecule has 4 aromatic carbocycles. The van der Waals surface area contributed by atoms with Crippen LogP contribution in [0.15, 0.2) is 96.1 Å². The van der Waals surface area contributed by atoms with Crippen LogP contribution in [0.25, 0.3) is 34.4 Å². The van der Waals surface area contributed by atoms with Crippen molar-refractivity contribution >= 4 is 35.1 Å². The quantitative estimate of drug-likeness (QED) is 0.147. The second-order valence-corrected chi connectivity index (χ2v) is 63.2. The average Bonchev–Trinajstić information content (AvgIpc) is 3.73. The van der Waals surface area contributed by atoms with E-state index in [-0.39, 0.29) is 12.7 Å². The Labute approximate surface area is 347 Å². The molecular formula is C52H63Cl2SiZr. The average molecular weight is 878 g/mol. The van der Waals surface area contributed by atoms with Crippen molar-refractivity contribution in [3.8, 4) is 22.3 Å². The molecule has 0 N–H and O–H groups in total. The van der Waals surface area contributed by atoms with Gasteiger partial charge in [0, 0.05) is 0 Å². The molecule has 6 aliphatic carbocycles. The van der Waals surface area contributed by atoms with E-state index in [9.17, 15) is 0 Å². The summed E-state index contributed by atoms with van der Waals surface area (Å²) in [6.07, 6.45) is 16.0. The number of halogens is 2. The second kappa shape index (κ2) is 14.1. The molecule has 3 atom stereocenters. The third-order valence-electron chi connectivity index (χ3n) is 15.8. The minimum absolute atomic E-state index is 0.0931. The number of hydrogen-bond donors (Lipinski definition) is 0. The van der Waals surface area contributed by atoms with Gasteiger partial charge in [0.15, 0.2) is 0 Å². The van der Waals surface area contributed by atoms with Gasteiger partial charge in [-0.2, -0.15) is 0 Å². The Morgan fingerprint density at radius 2 is 1.21 bits per heavy atom. The number of hydrogen-bond acceptors (Lipinski definition) is 0. The van der Waals surface area contributed by atoms with Gasteiger partial charge in [-0.05, 0) is 0 Å². The number of benzene rings is 4. The predicted octanol–water partition coefficient (Wildman–Crippen LogP) is 15.8. The Morgan fingerprint density at radius 1 is 0.714 bits per heavy atom. The third-order valence-corrected chi connectivity index (χ3v) is 67.7. The zero-order valence-corrected chi connectivity index (χ0v) is 40.3. The molecule has 56 heavy (non-hydrogen) atoms. The van der Waals surface area contributed by atoms with Crippen molar-refractivity contribution < 1.29 is 15.6 Å². The standard InChI is InChI=1S/C26H27.C24H29.C2H7Si.2ClH.Zr/c1-17-9-22-3-2-4-24(25(22)10-17)21-5-7-23(8-6-21)26-14-18-11-19(15-26)13-20(12-18)16-26;1-6-8-17(2)20-15-19-9-7-10-22(23(19)16-20)18-11-13-21(14-12-18)24(3,4)5;1-3-2;;;/h2-10,18-20H,11-16H2,1H3;7,9-17H,6,8H2,1-5H3;3H,1-2H3;2*1H;/q;;;;;+2/p-2. The molecule has 0 amide bonds. The van der Waals surface area contributed by atoms with E-state index in [1.165, 1.54) is 99.7 Å². The molecule has 0 aromatic heterocycles. The Balaban J connectivity index is 1.13. The Kier molecular flexibility index (Phi) is 9.92. The molecule has 4 bridgehead atoms. The van der Waals surface area contributed by atoms with E-state index in [1.54, 1.807) is 5.56 Å².